The van der Waals surface area contributed by atoms with E-state index in [9.17, 15) is 34.4 Å². The van der Waals surface area contributed by atoms with Crippen LogP contribution in [0.25, 0.3) is 11.1 Å². The third-order valence-electron chi connectivity index (χ3n) is 5.75. The van der Waals surface area contributed by atoms with Gasteiger partial charge in [-0.15, -0.1) is 0 Å². The maximum absolute atomic E-state index is 12.9. The van der Waals surface area contributed by atoms with Crippen molar-refractivity contribution in [1.29, 1.82) is 0 Å². The average Bonchev–Trinajstić information content (AvgIpc) is 2.88. The molecule has 10 nitrogen and oxygen atoms in total. The van der Waals surface area contributed by atoms with Crippen LogP contribution in [-0.4, -0.2) is 41.5 Å². The monoisotopic (exact) mass is 590 g/mol. The summed E-state index contributed by atoms with van der Waals surface area (Å²) in [4.78, 5) is -0.934. The largest absolute Gasteiger partial charge is 0.497 e. The lowest BCUT2D eigenvalue weighted by Gasteiger charge is -2.13. The zero-order chi connectivity index (χ0) is 28.6. The van der Waals surface area contributed by atoms with E-state index in [0.29, 0.717) is 5.75 Å². The maximum atomic E-state index is 12.9. The highest BCUT2D eigenvalue weighted by Crippen LogP contribution is 2.35. The topological polar surface area (TPSA) is 161 Å². The molecule has 0 bridgehead atoms. The second kappa shape index (κ2) is 10.4. The predicted molar refractivity (Wildman–Crippen MR) is 141 cm³/mol. The molecule has 204 valence electrons. The van der Waals surface area contributed by atoms with E-state index in [-0.39, 0.29) is 42.9 Å². The number of hydrogen-bond acceptors (Lipinski definition) is 8. The molecule has 13 heteroatoms. The Morgan fingerprint density at radius 1 is 0.590 bits per heavy atom. The summed E-state index contributed by atoms with van der Waals surface area (Å²) in [5.74, 6) is 0.332. The molecular weight excluding hydrogens is 568 g/mol. The van der Waals surface area contributed by atoms with Gasteiger partial charge in [-0.2, -0.15) is 16.8 Å². The van der Waals surface area contributed by atoms with Crippen LogP contribution in [0.2, 0.25) is 0 Å². The zero-order valence-electron chi connectivity index (χ0n) is 20.5. The molecule has 39 heavy (non-hydrogen) atoms. The van der Waals surface area contributed by atoms with Gasteiger partial charge >= 0.3 is 0 Å². The highest BCUT2D eigenvalue weighted by Gasteiger charge is 2.22. The molecule has 0 fully saturated rings. The van der Waals surface area contributed by atoms with E-state index in [0.717, 1.165) is 6.07 Å². The minimum atomic E-state index is -4.80. The lowest BCUT2D eigenvalue weighted by Crippen LogP contribution is -2.03. The molecule has 0 radical (unpaired) electrons. The van der Waals surface area contributed by atoms with Crippen molar-refractivity contribution in [3.8, 4) is 28.4 Å². The summed E-state index contributed by atoms with van der Waals surface area (Å²) in [7, 11) is -11.7. The predicted octanol–water partition coefficient (Wildman–Crippen LogP) is 4.79. The highest BCUT2D eigenvalue weighted by atomic mass is 32.2. The number of ether oxygens (including phenoxy) is 2. The fourth-order valence-corrected chi connectivity index (χ4v) is 6.39. The third-order valence-corrected chi connectivity index (χ3v) is 9.41. The van der Waals surface area contributed by atoms with Crippen molar-refractivity contribution in [3.05, 3.63) is 90.5 Å². The summed E-state index contributed by atoms with van der Waals surface area (Å²) in [6.45, 7) is 1.49. The normalized spacial score (nSPS) is 12.2. The van der Waals surface area contributed by atoms with Gasteiger partial charge in [0, 0.05) is 0 Å². The second-order valence-corrected chi connectivity index (χ2v) is 13.1. The molecule has 0 aliphatic rings. The van der Waals surface area contributed by atoms with E-state index < -0.39 is 35.0 Å². The van der Waals surface area contributed by atoms with Gasteiger partial charge in [-0.3, -0.25) is 9.11 Å². The van der Waals surface area contributed by atoms with Crippen molar-refractivity contribution >= 4 is 30.1 Å². The van der Waals surface area contributed by atoms with Crippen molar-refractivity contribution in [1.82, 2.24) is 0 Å². The standard InChI is InChI=1S/C26H22O10S3/c1-17-3-4-18(15-25(17)38(29,30)31)19-5-14-24(26(16-19)39(32,33)34)36-21-8-12-23(13-9-21)37(27,28)22-10-6-20(35-2)7-11-22/h3-16H,1-2H3,(H,29,30,31)(H,32,33,34). The van der Waals surface area contributed by atoms with Gasteiger partial charge < -0.3 is 9.47 Å². The van der Waals surface area contributed by atoms with Crippen molar-refractivity contribution < 1.29 is 43.8 Å². The number of benzene rings is 4. The Balaban J connectivity index is 1.67. The minimum Gasteiger partial charge on any atom is -0.497 e. The molecule has 0 heterocycles. The lowest BCUT2D eigenvalue weighted by molar-refractivity contribution is 0.414. The van der Waals surface area contributed by atoms with E-state index >= 15 is 0 Å². The lowest BCUT2D eigenvalue weighted by atomic mass is 10.0. The van der Waals surface area contributed by atoms with E-state index in [1.165, 1.54) is 92.9 Å². The van der Waals surface area contributed by atoms with Crippen LogP contribution >= 0.6 is 0 Å². The Kier molecular flexibility index (Phi) is 7.56. The maximum Gasteiger partial charge on any atom is 0.298 e. The molecule has 4 aromatic carbocycles. The summed E-state index contributed by atoms with van der Waals surface area (Å²) >= 11 is 0. The van der Waals surface area contributed by atoms with Gasteiger partial charge in [0.1, 0.15) is 22.1 Å². The third kappa shape index (κ3) is 6.13. The SMILES string of the molecule is COc1ccc(S(=O)(=O)c2ccc(Oc3ccc(-c4ccc(C)c(S(=O)(=O)O)c4)cc3S(=O)(=O)O)cc2)cc1. The van der Waals surface area contributed by atoms with Gasteiger partial charge in [0.25, 0.3) is 20.2 Å². The van der Waals surface area contributed by atoms with E-state index in [4.69, 9.17) is 9.47 Å². The molecule has 2 N–H and O–H groups in total. The quantitative estimate of drug-likeness (QED) is 0.273. The van der Waals surface area contributed by atoms with Gasteiger partial charge in [0.05, 0.1) is 21.8 Å². The van der Waals surface area contributed by atoms with E-state index in [1.54, 1.807) is 0 Å². The Hall–Kier alpha value is -3.75. The summed E-state index contributed by atoms with van der Waals surface area (Å²) in [6, 6.07) is 19.0. The van der Waals surface area contributed by atoms with Crippen LogP contribution in [-0.2, 0) is 30.1 Å². The molecule has 4 rings (SSSR count). The van der Waals surface area contributed by atoms with Gasteiger partial charge in [-0.05, 0) is 90.3 Å². The number of methoxy groups -OCH3 is 1. The van der Waals surface area contributed by atoms with Crippen LogP contribution < -0.4 is 9.47 Å². The van der Waals surface area contributed by atoms with Gasteiger partial charge in [0.2, 0.25) is 9.84 Å². The van der Waals surface area contributed by atoms with Crippen molar-refractivity contribution in [3.63, 3.8) is 0 Å². The number of sulfone groups is 1. The van der Waals surface area contributed by atoms with Crippen molar-refractivity contribution in [2.24, 2.45) is 0 Å². The molecule has 0 aliphatic heterocycles. The first-order valence-electron chi connectivity index (χ1n) is 11.1. The summed E-state index contributed by atoms with van der Waals surface area (Å²) in [5, 5.41) is 0. The van der Waals surface area contributed by atoms with Crippen LogP contribution in [0.15, 0.2) is 105 Å². The van der Waals surface area contributed by atoms with Gasteiger partial charge in [0.15, 0.2) is 0 Å². The second-order valence-electron chi connectivity index (χ2n) is 8.34. The van der Waals surface area contributed by atoms with E-state index in [1.807, 2.05) is 0 Å². The van der Waals surface area contributed by atoms with Crippen LogP contribution in [0.1, 0.15) is 5.56 Å². The van der Waals surface area contributed by atoms with Crippen LogP contribution in [0.3, 0.4) is 0 Å². The highest BCUT2D eigenvalue weighted by molar-refractivity contribution is 7.91. The molecule has 0 unspecified atom stereocenters. The number of hydrogen-bond donors (Lipinski definition) is 2. The molecule has 0 atom stereocenters. The van der Waals surface area contributed by atoms with Gasteiger partial charge in [-0.25, -0.2) is 8.42 Å². The van der Waals surface area contributed by atoms with Crippen molar-refractivity contribution in [2.45, 2.75) is 26.5 Å². The molecule has 0 amide bonds. The smallest absolute Gasteiger partial charge is 0.298 e. The first kappa shape index (κ1) is 28.3. The van der Waals surface area contributed by atoms with Gasteiger partial charge in [-0.1, -0.05) is 18.2 Å². The number of rotatable bonds is 8. The van der Waals surface area contributed by atoms with Crippen molar-refractivity contribution in [2.75, 3.05) is 7.11 Å². The van der Waals surface area contributed by atoms with E-state index in [2.05, 4.69) is 0 Å². The summed E-state index contributed by atoms with van der Waals surface area (Å²) in [5.41, 5.74) is 0.771. The Morgan fingerprint density at radius 2 is 1.05 bits per heavy atom. The molecule has 4 aromatic rings. The van der Waals surface area contributed by atoms with Crippen LogP contribution in [0.4, 0.5) is 0 Å². The first-order chi connectivity index (χ1) is 18.2. The Bertz CT molecular complexity index is 1860. The molecule has 0 spiro atoms. The van der Waals surface area contributed by atoms with Crippen LogP contribution in [0.5, 0.6) is 17.2 Å². The zero-order valence-corrected chi connectivity index (χ0v) is 22.9. The molecule has 0 aromatic heterocycles. The molecule has 0 saturated heterocycles. The summed E-state index contributed by atoms with van der Waals surface area (Å²) < 4.78 is 103. The molecular formula is C26H22O10S3. The Labute approximate surface area is 225 Å². The van der Waals surface area contributed by atoms with Crippen LogP contribution in [0, 0.1) is 6.92 Å². The molecule has 0 saturated carbocycles. The number of aryl methyl sites for hydroxylation is 1. The fraction of sp³-hybridized carbons (Fsp3) is 0.0769. The average molecular weight is 591 g/mol. The Morgan fingerprint density at radius 3 is 1.54 bits per heavy atom. The first-order valence-corrected chi connectivity index (χ1v) is 15.4. The minimum absolute atomic E-state index is 0.0284. The fourth-order valence-electron chi connectivity index (χ4n) is 3.74. The summed E-state index contributed by atoms with van der Waals surface area (Å²) in [6.07, 6.45) is 0. The molecule has 0 aliphatic carbocycles.